The predicted molar refractivity (Wildman–Crippen MR) is 78.1 cm³/mol. The highest BCUT2D eigenvalue weighted by Crippen LogP contribution is 2.32. The molecule has 2 fully saturated rings. The van der Waals surface area contributed by atoms with E-state index in [1.807, 2.05) is 18.2 Å². The summed E-state index contributed by atoms with van der Waals surface area (Å²) in [5, 5.41) is 11.0. The van der Waals surface area contributed by atoms with Crippen molar-refractivity contribution < 1.29 is 9.66 Å². The van der Waals surface area contributed by atoms with Crippen LogP contribution in [0.4, 0.5) is 0 Å². The molecule has 1 aromatic carbocycles. The first-order valence-corrected chi connectivity index (χ1v) is 7.54. The third-order valence-corrected chi connectivity index (χ3v) is 4.50. The fourth-order valence-corrected chi connectivity index (χ4v) is 3.30. The van der Waals surface area contributed by atoms with Crippen LogP contribution in [0.2, 0.25) is 0 Å². The Hall–Kier alpha value is -1.50. The van der Waals surface area contributed by atoms with Crippen molar-refractivity contribution >= 4 is 0 Å². The molecule has 0 amide bonds. The number of rotatable bonds is 5. The molecule has 0 bridgehead atoms. The maximum Gasteiger partial charge on any atom is 0.213 e. The second kappa shape index (κ2) is 6.51. The van der Waals surface area contributed by atoms with Crippen LogP contribution in [0.3, 0.4) is 0 Å². The molecule has 1 heterocycles. The van der Waals surface area contributed by atoms with Gasteiger partial charge in [0.15, 0.2) is 0 Å². The highest BCUT2D eigenvalue weighted by molar-refractivity contribution is 5.14. The van der Waals surface area contributed by atoms with Gasteiger partial charge in [-0.1, -0.05) is 30.3 Å². The molecule has 1 aliphatic heterocycles. The largest absolute Gasteiger partial charge is 0.361 e. The highest BCUT2D eigenvalue weighted by Gasteiger charge is 2.44. The Kier molecular flexibility index (Phi) is 4.48. The van der Waals surface area contributed by atoms with Crippen LogP contribution in [0.25, 0.3) is 0 Å². The minimum absolute atomic E-state index is 0.124. The zero-order chi connectivity index (χ0) is 14.7. The van der Waals surface area contributed by atoms with Gasteiger partial charge >= 0.3 is 0 Å². The van der Waals surface area contributed by atoms with Gasteiger partial charge in [-0.15, -0.1) is 0 Å². The molecule has 1 aromatic rings. The van der Waals surface area contributed by atoms with Gasteiger partial charge in [-0.2, -0.15) is 0 Å². The SMILES string of the molecule is O=[N+]([O-])C1CCC2NNC(OCCc3ccccc3)C2C1. The van der Waals surface area contributed by atoms with E-state index in [0.29, 0.717) is 25.5 Å². The molecule has 0 spiro atoms. The van der Waals surface area contributed by atoms with Gasteiger partial charge in [-0.3, -0.25) is 15.5 Å². The topological polar surface area (TPSA) is 76.4 Å². The number of ether oxygens (including phenoxy) is 1. The lowest BCUT2D eigenvalue weighted by Gasteiger charge is -2.28. The molecule has 0 radical (unpaired) electrons. The van der Waals surface area contributed by atoms with Crippen molar-refractivity contribution in [2.75, 3.05) is 6.61 Å². The van der Waals surface area contributed by atoms with Crippen LogP contribution >= 0.6 is 0 Å². The van der Waals surface area contributed by atoms with Gasteiger partial charge in [0.25, 0.3) is 0 Å². The fraction of sp³-hybridized carbons (Fsp3) is 0.600. The molecule has 6 nitrogen and oxygen atoms in total. The van der Waals surface area contributed by atoms with Gasteiger partial charge in [0.2, 0.25) is 6.04 Å². The number of nitrogens with one attached hydrogen (secondary N) is 2. The molecule has 3 rings (SSSR count). The van der Waals surface area contributed by atoms with Crippen LogP contribution in [0.15, 0.2) is 30.3 Å². The summed E-state index contributed by atoms with van der Waals surface area (Å²) in [6, 6.07) is 10.1. The number of fused-ring (bicyclic) bond motifs is 1. The van der Waals surface area contributed by atoms with Gasteiger partial charge in [-0.25, -0.2) is 5.43 Å². The first-order chi connectivity index (χ1) is 10.2. The zero-order valence-corrected chi connectivity index (χ0v) is 11.9. The van der Waals surface area contributed by atoms with Crippen LogP contribution in [0.5, 0.6) is 0 Å². The average Bonchev–Trinajstić information content (AvgIpc) is 2.91. The number of hydrazine groups is 1. The Morgan fingerprint density at radius 3 is 2.81 bits per heavy atom. The first kappa shape index (κ1) is 14.4. The standard InChI is InChI=1S/C15H21N3O3/c19-18(20)12-6-7-14-13(10-12)15(17-16-14)21-9-8-11-4-2-1-3-5-11/h1-5,12-17H,6-10H2. The number of nitrogens with zero attached hydrogens (tertiary/aromatic N) is 1. The van der Waals surface area contributed by atoms with E-state index in [1.54, 1.807) is 0 Å². The van der Waals surface area contributed by atoms with Crippen molar-refractivity contribution in [1.82, 2.24) is 10.9 Å². The number of hydrogen-bond donors (Lipinski definition) is 2. The van der Waals surface area contributed by atoms with E-state index in [1.165, 1.54) is 5.56 Å². The van der Waals surface area contributed by atoms with Crippen molar-refractivity contribution in [2.24, 2.45) is 5.92 Å². The van der Waals surface area contributed by atoms with Crippen LogP contribution in [0, 0.1) is 16.0 Å². The summed E-state index contributed by atoms with van der Waals surface area (Å²) in [6.45, 7) is 0.621. The van der Waals surface area contributed by atoms with E-state index in [9.17, 15) is 10.1 Å². The van der Waals surface area contributed by atoms with Crippen LogP contribution < -0.4 is 10.9 Å². The maximum atomic E-state index is 11.0. The lowest BCUT2D eigenvalue weighted by Crippen LogP contribution is -2.40. The van der Waals surface area contributed by atoms with E-state index in [4.69, 9.17) is 4.74 Å². The summed E-state index contributed by atoms with van der Waals surface area (Å²) >= 11 is 0. The molecular formula is C15H21N3O3. The van der Waals surface area contributed by atoms with E-state index in [2.05, 4.69) is 23.0 Å². The summed E-state index contributed by atoms with van der Waals surface area (Å²) in [7, 11) is 0. The van der Waals surface area contributed by atoms with Crippen molar-refractivity contribution in [2.45, 2.75) is 44.0 Å². The van der Waals surface area contributed by atoms with Gasteiger partial charge < -0.3 is 4.74 Å². The molecule has 1 saturated carbocycles. The molecular weight excluding hydrogens is 270 g/mol. The quantitative estimate of drug-likeness (QED) is 0.635. The smallest absolute Gasteiger partial charge is 0.213 e. The lowest BCUT2D eigenvalue weighted by molar-refractivity contribution is -0.528. The molecule has 21 heavy (non-hydrogen) atoms. The molecule has 114 valence electrons. The van der Waals surface area contributed by atoms with Crippen LogP contribution in [-0.4, -0.2) is 29.8 Å². The third-order valence-electron chi connectivity index (χ3n) is 4.50. The van der Waals surface area contributed by atoms with Gasteiger partial charge in [0, 0.05) is 29.7 Å². The lowest BCUT2D eigenvalue weighted by atomic mass is 9.82. The summed E-state index contributed by atoms with van der Waals surface area (Å²) in [4.78, 5) is 10.8. The minimum atomic E-state index is -0.423. The molecule has 2 N–H and O–H groups in total. The summed E-state index contributed by atoms with van der Waals surface area (Å²) in [5.41, 5.74) is 7.61. The maximum absolute atomic E-state index is 11.0. The fourth-order valence-electron chi connectivity index (χ4n) is 3.30. The van der Waals surface area contributed by atoms with E-state index >= 15 is 0 Å². The Morgan fingerprint density at radius 1 is 1.24 bits per heavy atom. The molecule has 0 aromatic heterocycles. The normalized spacial score (nSPS) is 31.8. The number of hydrogen-bond acceptors (Lipinski definition) is 5. The molecule has 6 heteroatoms. The van der Waals surface area contributed by atoms with E-state index in [-0.39, 0.29) is 17.1 Å². The zero-order valence-electron chi connectivity index (χ0n) is 11.9. The van der Waals surface area contributed by atoms with E-state index < -0.39 is 6.04 Å². The monoisotopic (exact) mass is 291 g/mol. The second-order valence-electron chi connectivity index (χ2n) is 5.84. The Balaban J connectivity index is 1.50. The van der Waals surface area contributed by atoms with Gasteiger partial charge in [-0.05, 0) is 18.4 Å². The summed E-state index contributed by atoms with van der Waals surface area (Å²) < 4.78 is 5.91. The molecule has 1 aliphatic carbocycles. The van der Waals surface area contributed by atoms with Gasteiger partial charge in [0.1, 0.15) is 6.23 Å². The molecule has 4 unspecified atom stereocenters. The summed E-state index contributed by atoms with van der Waals surface area (Å²) in [6.07, 6.45) is 2.81. The molecule has 2 aliphatic rings. The number of nitro groups is 1. The highest BCUT2D eigenvalue weighted by atomic mass is 16.6. The van der Waals surface area contributed by atoms with Crippen molar-refractivity contribution in [3.63, 3.8) is 0 Å². The van der Waals surface area contributed by atoms with Crippen molar-refractivity contribution in [3.05, 3.63) is 46.0 Å². The Labute approximate surface area is 124 Å². The first-order valence-electron chi connectivity index (χ1n) is 7.54. The molecule has 1 saturated heterocycles. The molecule has 4 atom stereocenters. The Morgan fingerprint density at radius 2 is 2.05 bits per heavy atom. The average molecular weight is 291 g/mol. The third kappa shape index (κ3) is 3.40. The number of benzene rings is 1. The van der Waals surface area contributed by atoms with Crippen LogP contribution in [0.1, 0.15) is 24.8 Å². The van der Waals surface area contributed by atoms with Crippen LogP contribution in [-0.2, 0) is 11.2 Å². The van der Waals surface area contributed by atoms with E-state index in [0.717, 1.165) is 12.8 Å². The minimum Gasteiger partial charge on any atom is -0.361 e. The van der Waals surface area contributed by atoms with Crippen molar-refractivity contribution in [3.8, 4) is 0 Å². The Bertz CT molecular complexity index is 482. The summed E-state index contributed by atoms with van der Waals surface area (Å²) in [5.74, 6) is 0.185. The van der Waals surface area contributed by atoms with Gasteiger partial charge in [0.05, 0.1) is 6.61 Å². The predicted octanol–water partition coefficient (Wildman–Crippen LogP) is 1.49. The second-order valence-corrected chi connectivity index (χ2v) is 5.84. The van der Waals surface area contributed by atoms with Crippen molar-refractivity contribution in [1.29, 1.82) is 0 Å².